The molecule has 2 aromatic rings. The minimum atomic E-state index is 0.507. The van der Waals surface area contributed by atoms with E-state index in [0.717, 1.165) is 36.2 Å². The van der Waals surface area contributed by atoms with Crippen molar-refractivity contribution >= 4 is 5.96 Å². The van der Waals surface area contributed by atoms with Crippen LogP contribution in [-0.4, -0.2) is 24.0 Å². The van der Waals surface area contributed by atoms with Crippen molar-refractivity contribution in [3.05, 3.63) is 41.8 Å². The minimum Gasteiger partial charge on any atom is -0.444 e. The van der Waals surface area contributed by atoms with Gasteiger partial charge in [0, 0.05) is 18.7 Å². The molecule has 1 fully saturated rings. The van der Waals surface area contributed by atoms with Crippen LogP contribution in [0.15, 0.2) is 39.9 Å². The Labute approximate surface area is 150 Å². The number of nitrogens with zero attached hydrogens (tertiary/aromatic N) is 2. The van der Waals surface area contributed by atoms with Gasteiger partial charge in [0.2, 0.25) is 5.89 Å². The first-order valence-electron chi connectivity index (χ1n) is 9.28. The zero-order valence-electron chi connectivity index (χ0n) is 15.2. The number of rotatable bonds is 8. The molecular formula is C20H28N4O. The van der Waals surface area contributed by atoms with Crippen molar-refractivity contribution in [2.45, 2.75) is 46.1 Å². The third-order valence-corrected chi connectivity index (χ3v) is 4.37. The highest BCUT2D eigenvalue weighted by atomic mass is 16.3. The number of nitrogens with one attached hydrogen (secondary N) is 2. The Morgan fingerprint density at radius 1 is 1.24 bits per heavy atom. The summed E-state index contributed by atoms with van der Waals surface area (Å²) < 4.78 is 5.59. The molecule has 5 heteroatoms. The number of hydrogen-bond donors (Lipinski definition) is 2. The molecule has 1 aromatic heterocycles. The fraction of sp³-hybridized carbons (Fsp3) is 0.500. The molecule has 1 aliphatic carbocycles. The van der Waals surface area contributed by atoms with Crippen LogP contribution in [0.4, 0.5) is 0 Å². The molecule has 134 valence electrons. The van der Waals surface area contributed by atoms with E-state index in [1.807, 2.05) is 12.1 Å². The maximum atomic E-state index is 5.59. The molecule has 2 N–H and O–H groups in total. The zero-order valence-corrected chi connectivity index (χ0v) is 15.2. The Hall–Kier alpha value is -2.30. The van der Waals surface area contributed by atoms with E-state index in [-0.39, 0.29) is 0 Å². The summed E-state index contributed by atoms with van der Waals surface area (Å²) in [6.07, 6.45) is 7.06. The quantitative estimate of drug-likeness (QED) is 0.435. The topological polar surface area (TPSA) is 62.5 Å². The second-order valence-electron chi connectivity index (χ2n) is 6.72. The maximum absolute atomic E-state index is 5.59. The molecule has 0 bridgehead atoms. The van der Waals surface area contributed by atoms with Crippen molar-refractivity contribution in [1.29, 1.82) is 0 Å². The zero-order chi connectivity index (χ0) is 17.5. The van der Waals surface area contributed by atoms with Crippen molar-refractivity contribution in [3.63, 3.8) is 0 Å². The van der Waals surface area contributed by atoms with E-state index in [4.69, 9.17) is 4.42 Å². The van der Waals surface area contributed by atoms with Gasteiger partial charge in [-0.25, -0.2) is 9.98 Å². The number of benzene rings is 1. The largest absolute Gasteiger partial charge is 0.444 e. The number of aromatic nitrogens is 1. The lowest BCUT2D eigenvalue weighted by Gasteiger charge is -2.10. The SMILES string of the molecule is CCNC(=NCc1coc(-c2ccc(C)cc2)n1)NCCCC1CC1. The predicted octanol–water partition coefficient (Wildman–Crippen LogP) is 3.90. The van der Waals surface area contributed by atoms with Crippen LogP contribution in [0.1, 0.15) is 43.9 Å². The molecule has 1 aromatic carbocycles. The first-order chi connectivity index (χ1) is 12.2. The summed E-state index contributed by atoms with van der Waals surface area (Å²) in [5.41, 5.74) is 3.06. The summed E-state index contributed by atoms with van der Waals surface area (Å²) in [6.45, 7) is 6.47. The molecule has 0 amide bonds. The van der Waals surface area contributed by atoms with Crippen molar-refractivity contribution in [3.8, 4) is 11.5 Å². The molecule has 0 spiro atoms. The Morgan fingerprint density at radius 2 is 2.04 bits per heavy atom. The molecule has 0 radical (unpaired) electrons. The van der Waals surface area contributed by atoms with Crippen LogP contribution in [-0.2, 0) is 6.54 Å². The summed E-state index contributed by atoms with van der Waals surface area (Å²) in [5, 5.41) is 6.68. The second kappa shape index (κ2) is 8.70. The van der Waals surface area contributed by atoms with Gasteiger partial charge in [-0.05, 0) is 44.7 Å². The van der Waals surface area contributed by atoms with Gasteiger partial charge in [-0.2, -0.15) is 0 Å². The van der Waals surface area contributed by atoms with Gasteiger partial charge >= 0.3 is 0 Å². The number of guanidine groups is 1. The van der Waals surface area contributed by atoms with E-state index >= 15 is 0 Å². The lowest BCUT2D eigenvalue weighted by atomic mass is 10.1. The third-order valence-electron chi connectivity index (χ3n) is 4.37. The number of hydrogen-bond acceptors (Lipinski definition) is 3. The highest BCUT2D eigenvalue weighted by molar-refractivity contribution is 5.79. The molecular weight excluding hydrogens is 312 g/mol. The fourth-order valence-corrected chi connectivity index (χ4v) is 2.71. The first-order valence-corrected chi connectivity index (χ1v) is 9.28. The van der Waals surface area contributed by atoms with Crippen LogP contribution in [0.2, 0.25) is 0 Å². The monoisotopic (exact) mass is 340 g/mol. The molecule has 0 aliphatic heterocycles. The van der Waals surface area contributed by atoms with Gasteiger partial charge in [0.25, 0.3) is 0 Å². The summed E-state index contributed by atoms with van der Waals surface area (Å²) in [4.78, 5) is 9.15. The smallest absolute Gasteiger partial charge is 0.226 e. The first kappa shape index (κ1) is 17.5. The van der Waals surface area contributed by atoms with E-state index in [1.54, 1.807) is 6.26 Å². The van der Waals surface area contributed by atoms with Gasteiger partial charge in [-0.15, -0.1) is 0 Å². The summed E-state index contributed by atoms with van der Waals surface area (Å²) >= 11 is 0. The van der Waals surface area contributed by atoms with Crippen LogP contribution in [0.3, 0.4) is 0 Å². The van der Waals surface area contributed by atoms with Crippen LogP contribution in [0.25, 0.3) is 11.5 Å². The normalized spacial score (nSPS) is 14.6. The predicted molar refractivity (Wildman–Crippen MR) is 101 cm³/mol. The second-order valence-corrected chi connectivity index (χ2v) is 6.72. The molecule has 1 heterocycles. The fourth-order valence-electron chi connectivity index (χ4n) is 2.71. The molecule has 0 saturated heterocycles. The van der Waals surface area contributed by atoms with Crippen molar-refractivity contribution in [2.24, 2.45) is 10.9 Å². The van der Waals surface area contributed by atoms with E-state index in [0.29, 0.717) is 12.4 Å². The Balaban J connectivity index is 1.53. The minimum absolute atomic E-state index is 0.507. The molecule has 25 heavy (non-hydrogen) atoms. The number of aryl methyl sites for hydroxylation is 1. The lowest BCUT2D eigenvalue weighted by Crippen LogP contribution is -2.37. The summed E-state index contributed by atoms with van der Waals surface area (Å²) in [6, 6.07) is 8.18. The van der Waals surface area contributed by atoms with Gasteiger partial charge in [0.1, 0.15) is 12.0 Å². The number of oxazole rings is 1. The molecule has 3 rings (SSSR count). The molecule has 1 saturated carbocycles. The summed E-state index contributed by atoms with van der Waals surface area (Å²) in [7, 11) is 0. The van der Waals surface area contributed by atoms with Crippen LogP contribution < -0.4 is 10.6 Å². The standard InChI is InChI=1S/C20H28N4O/c1-3-21-20(22-12-4-5-16-8-9-16)23-13-18-14-25-19(24-18)17-10-6-15(2)7-11-17/h6-7,10-11,14,16H,3-5,8-9,12-13H2,1-2H3,(H2,21,22,23). The maximum Gasteiger partial charge on any atom is 0.226 e. The Morgan fingerprint density at radius 3 is 2.76 bits per heavy atom. The van der Waals surface area contributed by atoms with E-state index < -0.39 is 0 Å². The van der Waals surface area contributed by atoms with Crippen molar-refractivity contribution in [1.82, 2.24) is 15.6 Å². The van der Waals surface area contributed by atoms with Crippen molar-refractivity contribution in [2.75, 3.05) is 13.1 Å². The van der Waals surface area contributed by atoms with E-state index in [9.17, 15) is 0 Å². The highest BCUT2D eigenvalue weighted by Crippen LogP contribution is 2.33. The van der Waals surface area contributed by atoms with Crippen molar-refractivity contribution < 1.29 is 4.42 Å². The highest BCUT2D eigenvalue weighted by Gasteiger charge is 2.19. The van der Waals surface area contributed by atoms with E-state index in [1.165, 1.54) is 31.2 Å². The van der Waals surface area contributed by atoms with E-state index in [2.05, 4.69) is 46.6 Å². The third kappa shape index (κ3) is 5.62. The Kier molecular flexibility index (Phi) is 6.09. The average Bonchev–Trinajstić information content (AvgIpc) is 3.33. The molecule has 0 unspecified atom stereocenters. The van der Waals surface area contributed by atoms with Gasteiger partial charge in [0.05, 0.1) is 6.54 Å². The molecule has 5 nitrogen and oxygen atoms in total. The Bertz CT molecular complexity index is 686. The van der Waals surface area contributed by atoms with Crippen LogP contribution in [0.5, 0.6) is 0 Å². The lowest BCUT2D eigenvalue weighted by molar-refractivity contribution is 0.572. The van der Waals surface area contributed by atoms with Crippen LogP contribution >= 0.6 is 0 Å². The molecule has 0 atom stereocenters. The van der Waals surface area contributed by atoms with Gasteiger partial charge in [0.15, 0.2) is 5.96 Å². The summed E-state index contributed by atoms with van der Waals surface area (Å²) in [5.74, 6) is 2.47. The number of aliphatic imine (C=N–C) groups is 1. The molecule has 1 aliphatic rings. The average molecular weight is 340 g/mol. The van der Waals surface area contributed by atoms with Crippen LogP contribution in [0, 0.1) is 12.8 Å². The van der Waals surface area contributed by atoms with Gasteiger partial charge in [-0.1, -0.05) is 30.5 Å². The van der Waals surface area contributed by atoms with Gasteiger partial charge in [-0.3, -0.25) is 0 Å². The van der Waals surface area contributed by atoms with Gasteiger partial charge < -0.3 is 15.1 Å².